The molecule has 2 aromatic heterocycles. The van der Waals surface area contributed by atoms with E-state index in [4.69, 9.17) is 9.68 Å². The molecule has 0 aliphatic carbocycles. The largest absolute Gasteiger partial charge is 0.382 e. The lowest BCUT2D eigenvalue weighted by Crippen LogP contribution is -2.22. The van der Waals surface area contributed by atoms with Gasteiger partial charge in [0.1, 0.15) is 0 Å². The van der Waals surface area contributed by atoms with Gasteiger partial charge in [-0.15, -0.1) is 20.4 Å². The van der Waals surface area contributed by atoms with Crippen LogP contribution in [0.2, 0.25) is 0 Å². The molecule has 8 heteroatoms. The van der Waals surface area contributed by atoms with Gasteiger partial charge in [0.15, 0.2) is 0 Å². The minimum absolute atomic E-state index is 0.844. The summed E-state index contributed by atoms with van der Waals surface area (Å²) in [5.74, 6) is 0. The van der Waals surface area contributed by atoms with Gasteiger partial charge >= 0.3 is 0 Å². The van der Waals surface area contributed by atoms with E-state index in [0.717, 1.165) is 23.1 Å². The van der Waals surface area contributed by atoms with Crippen molar-refractivity contribution in [1.29, 1.82) is 0 Å². The van der Waals surface area contributed by atoms with Crippen LogP contribution >= 0.6 is 0 Å². The second-order valence-corrected chi connectivity index (χ2v) is 2.43. The Morgan fingerprint density at radius 3 is 1.44 bits per heavy atom. The second kappa shape index (κ2) is 7.35. The van der Waals surface area contributed by atoms with Crippen molar-refractivity contribution in [2.45, 2.75) is 13.8 Å². The summed E-state index contributed by atoms with van der Waals surface area (Å²) in [6, 6.07) is 0. The molecule has 0 aliphatic rings. The van der Waals surface area contributed by atoms with E-state index >= 15 is 0 Å². The first-order valence-electron chi connectivity index (χ1n) is 4.86. The summed E-state index contributed by atoms with van der Waals surface area (Å²) in [6.45, 7) is 5.67. The van der Waals surface area contributed by atoms with Crippen LogP contribution < -0.4 is 4.94 Å². The maximum Gasteiger partial charge on any atom is 0.0731 e. The zero-order valence-corrected chi connectivity index (χ0v) is 9.22. The molecule has 0 atom stereocenters. The smallest absolute Gasteiger partial charge is 0.0731 e. The predicted octanol–water partition coefficient (Wildman–Crippen LogP) is -0.196. The lowest BCUT2D eigenvalue weighted by atomic mass is 10.8. The average molecular weight is 226 g/mol. The first kappa shape index (κ1) is 12.1. The Hall–Kier alpha value is -1.96. The van der Waals surface area contributed by atoms with Crippen molar-refractivity contribution in [2.24, 2.45) is 0 Å². The zero-order chi connectivity index (χ0) is 11.6. The van der Waals surface area contributed by atoms with Gasteiger partial charge in [0.2, 0.25) is 0 Å². The van der Waals surface area contributed by atoms with Crippen LogP contribution in [0.15, 0.2) is 24.8 Å². The van der Waals surface area contributed by atoms with Gasteiger partial charge in [0.05, 0.1) is 24.8 Å². The number of ether oxygens (including phenoxy) is 1. The van der Waals surface area contributed by atoms with Crippen molar-refractivity contribution >= 4 is 0 Å². The molecule has 0 amide bonds. The van der Waals surface area contributed by atoms with Gasteiger partial charge in [-0.3, -0.25) is 0 Å². The lowest BCUT2D eigenvalue weighted by molar-refractivity contribution is -0.0521. The van der Waals surface area contributed by atoms with Crippen molar-refractivity contribution in [3.8, 4) is 0 Å². The molecule has 8 nitrogen and oxygen atoms in total. The molecular formula is C8H14N6O2. The van der Waals surface area contributed by atoms with Gasteiger partial charge < -0.3 is 4.74 Å². The highest BCUT2D eigenvalue weighted by Crippen LogP contribution is 1.74. The maximum atomic E-state index is 4.85. The van der Waals surface area contributed by atoms with Crippen LogP contribution in [0.3, 0.4) is 0 Å². The van der Waals surface area contributed by atoms with Gasteiger partial charge in [-0.05, 0) is 13.8 Å². The standard InChI is InChI=1S/C4H4N6O.C4H10O/c1-2-6-9(5-1)11-10-7-3-4-8-10;1-3-5-4-2/h1-4H;3-4H2,1-2H3. The fraction of sp³-hybridized carbons (Fsp3) is 0.500. The third-order valence-corrected chi connectivity index (χ3v) is 1.35. The first-order valence-corrected chi connectivity index (χ1v) is 4.86. The Bertz CT molecular complexity index is 312. The van der Waals surface area contributed by atoms with Crippen molar-refractivity contribution in [3.05, 3.63) is 24.8 Å². The van der Waals surface area contributed by atoms with Crippen LogP contribution in [0.1, 0.15) is 13.8 Å². The third kappa shape index (κ3) is 4.51. The molecule has 0 aromatic carbocycles. The summed E-state index contributed by atoms with van der Waals surface area (Å²) < 4.78 is 4.83. The van der Waals surface area contributed by atoms with E-state index in [1.54, 1.807) is 0 Å². The van der Waals surface area contributed by atoms with Crippen LogP contribution in [0, 0.1) is 0 Å². The van der Waals surface area contributed by atoms with Crippen molar-refractivity contribution in [3.63, 3.8) is 0 Å². The van der Waals surface area contributed by atoms with Crippen LogP contribution in [-0.4, -0.2) is 43.5 Å². The SMILES string of the molecule is CCOCC.c1cnn(On2nccn2)n1. The van der Waals surface area contributed by atoms with E-state index in [9.17, 15) is 0 Å². The highest BCUT2D eigenvalue weighted by atomic mass is 16.9. The number of hydrogen-bond acceptors (Lipinski definition) is 6. The summed E-state index contributed by atoms with van der Waals surface area (Å²) in [4.78, 5) is 6.85. The molecule has 2 aromatic rings. The fourth-order valence-corrected chi connectivity index (χ4v) is 0.761. The quantitative estimate of drug-likeness (QED) is 0.718. The molecule has 0 unspecified atom stereocenters. The van der Waals surface area contributed by atoms with Crippen LogP contribution in [-0.2, 0) is 4.74 Å². The highest BCUT2D eigenvalue weighted by Gasteiger charge is 1.93. The zero-order valence-electron chi connectivity index (χ0n) is 9.22. The summed E-state index contributed by atoms with van der Waals surface area (Å²) in [5.41, 5.74) is 0. The molecule has 0 radical (unpaired) electrons. The minimum Gasteiger partial charge on any atom is -0.382 e. The molecule has 0 spiro atoms. The van der Waals surface area contributed by atoms with E-state index in [2.05, 4.69) is 20.4 Å². The van der Waals surface area contributed by atoms with Crippen molar-refractivity contribution in [1.82, 2.24) is 30.3 Å². The summed E-state index contributed by atoms with van der Waals surface area (Å²) >= 11 is 0. The number of hydrogen-bond donors (Lipinski definition) is 0. The van der Waals surface area contributed by atoms with E-state index in [1.807, 2.05) is 13.8 Å². The Kier molecular flexibility index (Phi) is 5.56. The van der Waals surface area contributed by atoms with Crippen LogP contribution in [0.25, 0.3) is 0 Å². The second-order valence-electron chi connectivity index (χ2n) is 2.43. The number of nitrogens with zero attached hydrogens (tertiary/aromatic N) is 6. The molecule has 2 heterocycles. The predicted molar refractivity (Wildman–Crippen MR) is 54.2 cm³/mol. The molecule has 0 saturated heterocycles. The third-order valence-electron chi connectivity index (χ3n) is 1.35. The van der Waals surface area contributed by atoms with E-state index in [0.29, 0.717) is 0 Å². The van der Waals surface area contributed by atoms with E-state index < -0.39 is 0 Å². The van der Waals surface area contributed by atoms with Gasteiger partial charge in [-0.2, -0.15) is 0 Å². The van der Waals surface area contributed by atoms with Gasteiger partial charge in [0, 0.05) is 23.1 Å². The topological polar surface area (TPSA) is 79.9 Å². The minimum atomic E-state index is 0.844. The normalized spacial score (nSPS) is 9.38. The van der Waals surface area contributed by atoms with Gasteiger partial charge in [0.25, 0.3) is 0 Å². The number of rotatable bonds is 4. The van der Waals surface area contributed by atoms with Crippen LogP contribution in [0.5, 0.6) is 0 Å². The Morgan fingerprint density at radius 2 is 1.19 bits per heavy atom. The molecule has 0 fully saturated rings. The van der Waals surface area contributed by atoms with Crippen molar-refractivity contribution < 1.29 is 9.68 Å². The molecule has 16 heavy (non-hydrogen) atoms. The molecule has 0 bridgehead atoms. The van der Waals surface area contributed by atoms with Gasteiger partial charge in [-0.25, -0.2) is 4.94 Å². The molecule has 0 saturated carbocycles. The van der Waals surface area contributed by atoms with Crippen LogP contribution in [0.4, 0.5) is 0 Å². The molecule has 0 aliphatic heterocycles. The first-order chi connectivity index (χ1) is 7.86. The highest BCUT2D eigenvalue weighted by molar-refractivity contribution is 4.58. The summed E-state index contributed by atoms with van der Waals surface area (Å²) in [6.07, 6.45) is 5.96. The Morgan fingerprint density at radius 1 is 0.812 bits per heavy atom. The molecular weight excluding hydrogens is 212 g/mol. The number of aromatic nitrogens is 6. The monoisotopic (exact) mass is 226 g/mol. The molecule has 88 valence electrons. The molecule has 0 N–H and O–H groups in total. The Balaban J connectivity index is 0.000000221. The maximum absolute atomic E-state index is 4.85. The van der Waals surface area contributed by atoms with E-state index in [1.165, 1.54) is 24.8 Å². The molecule has 2 rings (SSSR count). The lowest BCUT2D eigenvalue weighted by Gasteiger charge is -1.95. The fourth-order valence-electron chi connectivity index (χ4n) is 0.761. The summed E-state index contributed by atoms with van der Waals surface area (Å²) in [5, 5.41) is 14.7. The summed E-state index contributed by atoms with van der Waals surface area (Å²) in [7, 11) is 0. The van der Waals surface area contributed by atoms with E-state index in [-0.39, 0.29) is 0 Å². The average Bonchev–Trinajstić information content (AvgIpc) is 2.94. The van der Waals surface area contributed by atoms with Crippen molar-refractivity contribution in [2.75, 3.05) is 13.2 Å². The Labute approximate surface area is 92.7 Å². The van der Waals surface area contributed by atoms with Gasteiger partial charge in [-0.1, -0.05) is 0 Å².